The van der Waals surface area contributed by atoms with Gasteiger partial charge in [0.15, 0.2) is 0 Å². The van der Waals surface area contributed by atoms with Crippen LogP contribution in [0.5, 0.6) is 5.75 Å². The Bertz CT molecular complexity index is 1290. The maximum Gasteiger partial charge on any atom is 0.307 e. The van der Waals surface area contributed by atoms with Gasteiger partial charge < -0.3 is 14.7 Å². The van der Waals surface area contributed by atoms with E-state index in [9.17, 15) is 14.0 Å². The molecule has 1 aliphatic heterocycles. The maximum absolute atomic E-state index is 14.8. The van der Waals surface area contributed by atoms with Crippen LogP contribution >= 0.6 is 0 Å². The average Bonchev–Trinajstić information content (AvgIpc) is 2.84. The predicted octanol–water partition coefficient (Wildman–Crippen LogP) is 5.30. The molecule has 4 rings (SSSR count). The zero-order valence-electron chi connectivity index (χ0n) is 20.9. The number of carbonyl (C=O) groups excluding carboxylic acids is 1. The number of rotatable bonds is 8. The van der Waals surface area contributed by atoms with Gasteiger partial charge in [-0.1, -0.05) is 31.2 Å². The van der Waals surface area contributed by atoms with Gasteiger partial charge in [-0.15, -0.1) is 0 Å². The van der Waals surface area contributed by atoms with Crippen molar-refractivity contribution in [3.05, 3.63) is 82.4 Å². The van der Waals surface area contributed by atoms with Crippen molar-refractivity contribution in [1.82, 2.24) is 9.88 Å². The number of carboxylic acid groups (broad SMARTS) is 1. The molecule has 1 aliphatic rings. The number of fused-ring (bicyclic) bond motifs is 1. The minimum absolute atomic E-state index is 0.00788. The van der Waals surface area contributed by atoms with E-state index >= 15 is 0 Å². The predicted molar refractivity (Wildman–Crippen MR) is 135 cm³/mol. The fourth-order valence-corrected chi connectivity index (χ4v) is 4.78. The largest absolute Gasteiger partial charge is 0.493 e. The number of hydrogen-bond acceptors (Lipinski definition) is 4. The van der Waals surface area contributed by atoms with Gasteiger partial charge >= 0.3 is 5.97 Å². The van der Waals surface area contributed by atoms with Crippen LogP contribution < -0.4 is 4.74 Å². The summed E-state index contributed by atoms with van der Waals surface area (Å²) in [6, 6.07) is 14.3. The molecule has 2 heterocycles. The third-order valence-corrected chi connectivity index (χ3v) is 6.59. The summed E-state index contributed by atoms with van der Waals surface area (Å²) in [7, 11) is 0. The third-order valence-electron chi connectivity index (χ3n) is 6.59. The van der Waals surface area contributed by atoms with Gasteiger partial charge in [-0.3, -0.25) is 14.6 Å². The molecule has 1 amide bonds. The molecule has 0 fully saturated rings. The lowest BCUT2D eigenvalue weighted by atomic mass is 9.89. The first kappa shape index (κ1) is 25.4. The van der Waals surface area contributed by atoms with Gasteiger partial charge in [0, 0.05) is 42.4 Å². The number of aliphatic carboxylic acids is 1. The first-order chi connectivity index (χ1) is 17.3. The Labute approximate surface area is 210 Å². The van der Waals surface area contributed by atoms with Gasteiger partial charge in [-0.25, -0.2) is 4.39 Å². The van der Waals surface area contributed by atoms with Crippen LogP contribution in [0.15, 0.2) is 48.5 Å². The molecule has 0 bridgehead atoms. The number of ether oxygens (including phenoxy) is 1. The Morgan fingerprint density at radius 2 is 1.92 bits per heavy atom. The highest BCUT2D eigenvalue weighted by Gasteiger charge is 2.27. The zero-order chi connectivity index (χ0) is 25.8. The van der Waals surface area contributed by atoms with E-state index in [0.717, 1.165) is 28.1 Å². The summed E-state index contributed by atoms with van der Waals surface area (Å²) < 4.78 is 20.7. The summed E-state index contributed by atoms with van der Waals surface area (Å²) in [6.07, 6.45) is 0.640. The lowest BCUT2D eigenvalue weighted by molar-refractivity contribution is -0.136. The number of benzene rings is 2. The number of pyridine rings is 1. The van der Waals surface area contributed by atoms with Crippen LogP contribution in [-0.4, -0.2) is 40.0 Å². The Morgan fingerprint density at radius 3 is 2.64 bits per heavy atom. The maximum atomic E-state index is 14.8. The standard InChI is InChI=1S/C29H31FN2O4/c1-4-36-27-15-20(16-29(34)35)8-9-23(27)21-10-11-25(30)22-12-13-32(17-24(21)22)28(33)14-18(2)26-7-5-6-19(3)31-26/h5-11,15,18H,4,12-14,16-17H2,1-3H3,(H,34,35). The Morgan fingerprint density at radius 1 is 1.14 bits per heavy atom. The van der Waals surface area contributed by atoms with E-state index in [2.05, 4.69) is 4.98 Å². The minimum atomic E-state index is -0.923. The third kappa shape index (κ3) is 5.56. The molecule has 7 heteroatoms. The minimum Gasteiger partial charge on any atom is -0.493 e. The van der Waals surface area contributed by atoms with Gasteiger partial charge in [0.2, 0.25) is 5.91 Å². The fourth-order valence-electron chi connectivity index (χ4n) is 4.78. The summed E-state index contributed by atoms with van der Waals surface area (Å²) in [5, 5.41) is 9.17. The van der Waals surface area contributed by atoms with E-state index in [-0.39, 0.29) is 24.1 Å². The Hall–Kier alpha value is -3.74. The molecule has 2 aromatic carbocycles. The van der Waals surface area contributed by atoms with Crippen molar-refractivity contribution < 1.29 is 23.8 Å². The van der Waals surface area contributed by atoms with Crippen LogP contribution in [0.2, 0.25) is 0 Å². The molecule has 188 valence electrons. The molecule has 0 radical (unpaired) electrons. The Kier molecular flexibility index (Phi) is 7.67. The number of carboxylic acids is 1. The monoisotopic (exact) mass is 490 g/mol. The molecule has 0 spiro atoms. The average molecular weight is 491 g/mol. The summed E-state index contributed by atoms with van der Waals surface area (Å²) in [5.74, 6) is -0.675. The molecule has 6 nitrogen and oxygen atoms in total. The number of aromatic nitrogens is 1. The lowest BCUT2D eigenvalue weighted by Crippen LogP contribution is -2.37. The highest BCUT2D eigenvalue weighted by molar-refractivity contribution is 5.80. The molecule has 0 aliphatic carbocycles. The van der Waals surface area contributed by atoms with E-state index in [1.807, 2.05) is 45.0 Å². The second-order valence-corrected chi connectivity index (χ2v) is 9.26. The van der Waals surface area contributed by atoms with Crippen molar-refractivity contribution in [2.75, 3.05) is 13.2 Å². The number of hydrogen-bond donors (Lipinski definition) is 1. The molecule has 0 saturated carbocycles. The van der Waals surface area contributed by atoms with Crippen LogP contribution in [0.4, 0.5) is 4.39 Å². The van der Waals surface area contributed by atoms with Crippen LogP contribution in [0, 0.1) is 12.7 Å². The van der Waals surface area contributed by atoms with Crippen LogP contribution in [0.1, 0.15) is 54.3 Å². The summed E-state index contributed by atoms with van der Waals surface area (Å²) in [6.45, 7) is 6.95. The summed E-state index contributed by atoms with van der Waals surface area (Å²) in [5.41, 5.74) is 5.36. The zero-order valence-corrected chi connectivity index (χ0v) is 20.9. The molecule has 3 aromatic rings. The van der Waals surface area contributed by atoms with Crippen LogP contribution in [0.25, 0.3) is 11.1 Å². The van der Waals surface area contributed by atoms with Gasteiger partial charge in [0.05, 0.1) is 13.0 Å². The topological polar surface area (TPSA) is 79.7 Å². The normalized spacial score (nSPS) is 13.7. The van der Waals surface area contributed by atoms with E-state index in [4.69, 9.17) is 9.84 Å². The smallest absolute Gasteiger partial charge is 0.307 e. The van der Waals surface area contributed by atoms with Gasteiger partial charge in [0.25, 0.3) is 0 Å². The van der Waals surface area contributed by atoms with Gasteiger partial charge in [-0.05, 0) is 66.8 Å². The Balaban J connectivity index is 1.63. The highest BCUT2D eigenvalue weighted by atomic mass is 19.1. The summed E-state index contributed by atoms with van der Waals surface area (Å²) >= 11 is 0. The first-order valence-corrected chi connectivity index (χ1v) is 12.3. The van der Waals surface area contributed by atoms with Crippen LogP contribution in [-0.2, 0) is 29.0 Å². The lowest BCUT2D eigenvalue weighted by Gasteiger charge is -2.32. The number of nitrogens with zero attached hydrogens (tertiary/aromatic N) is 2. The second-order valence-electron chi connectivity index (χ2n) is 9.26. The number of amides is 1. The van der Waals surface area contributed by atoms with E-state index < -0.39 is 5.97 Å². The van der Waals surface area contributed by atoms with E-state index in [1.165, 1.54) is 6.07 Å². The molecule has 36 heavy (non-hydrogen) atoms. The second kappa shape index (κ2) is 10.9. The highest BCUT2D eigenvalue weighted by Crippen LogP contribution is 2.38. The van der Waals surface area contributed by atoms with Gasteiger partial charge in [-0.2, -0.15) is 0 Å². The SMILES string of the molecule is CCOc1cc(CC(=O)O)ccc1-c1ccc(F)c2c1CN(C(=O)CC(C)c1cccc(C)n1)CC2. The van der Waals surface area contributed by atoms with Crippen molar-refractivity contribution in [1.29, 1.82) is 0 Å². The van der Waals surface area contributed by atoms with Crippen molar-refractivity contribution in [2.24, 2.45) is 0 Å². The molecule has 1 aromatic heterocycles. The molecule has 0 saturated heterocycles. The number of halogens is 1. The number of carbonyl (C=O) groups is 2. The van der Waals surface area contributed by atoms with Crippen LogP contribution in [0.3, 0.4) is 0 Å². The van der Waals surface area contributed by atoms with E-state index in [0.29, 0.717) is 49.4 Å². The molecule has 1 unspecified atom stereocenters. The van der Waals surface area contributed by atoms with Crippen molar-refractivity contribution in [3.63, 3.8) is 0 Å². The molecule has 1 N–H and O–H groups in total. The summed E-state index contributed by atoms with van der Waals surface area (Å²) in [4.78, 5) is 30.8. The van der Waals surface area contributed by atoms with Crippen molar-refractivity contribution in [2.45, 2.75) is 52.5 Å². The molecule has 1 atom stereocenters. The van der Waals surface area contributed by atoms with E-state index in [1.54, 1.807) is 23.1 Å². The van der Waals surface area contributed by atoms with Gasteiger partial charge in [0.1, 0.15) is 11.6 Å². The number of aryl methyl sites for hydroxylation is 1. The molecular weight excluding hydrogens is 459 g/mol. The first-order valence-electron chi connectivity index (χ1n) is 12.3. The molecular formula is C29H31FN2O4. The quantitative estimate of drug-likeness (QED) is 0.464. The van der Waals surface area contributed by atoms with Crippen molar-refractivity contribution in [3.8, 4) is 16.9 Å². The fraction of sp³-hybridized carbons (Fsp3) is 0.345. The van der Waals surface area contributed by atoms with Crippen molar-refractivity contribution >= 4 is 11.9 Å².